The average Bonchev–Trinajstić information content (AvgIpc) is 2.42. The van der Waals surface area contributed by atoms with Crippen molar-refractivity contribution in [3.63, 3.8) is 0 Å². The number of aromatic carboxylic acids is 1. The Morgan fingerprint density at radius 2 is 2.10 bits per heavy atom. The Bertz CT molecular complexity index is 569. The SMILES string of the molecule is CN(C)C1CC(NC(=O)c2cc(C(=O)O)ccn2)C1(C)C. The molecule has 0 aromatic carbocycles. The molecule has 0 saturated heterocycles. The summed E-state index contributed by atoms with van der Waals surface area (Å²) in [5, 5.41) is 11.9. The summed E-state index contributed by atoms with van der Waals surface area (Å²) < 4.78 is 0. The molecule has 2 N–H and O–H groups in total. The van der Waals surface area contributed by atoms with Gasteiger partial charge in [-0.1, -0.05) is 13.8 Å². The molecule has 1 fully saturated rings. The third-order valence-electron chi connectivity index (χ3n) is 4.38. The molecule has 0 aliphatic heterocycles. The molecular formula is C15H21N3O3. The second-order valence-electron chi connectivity index (χ2n) is 6.30. The van der Waals surface area contributed by atoms with Crippen LogP contribution in [0.15, 0.2) is 18.3 Å². The van der Waals surface area contributed by atoms with Crippen molar-refractivity contribution in [2.24, 2.45) is 5.41 Å². The fourth-order valence-corrected chi connectivity index (χ4v) is 2.94. The average molecular weight is 291 g/mol. The van der Waals surface area contributed by atoms with Crippen LogP contribution in [0.1, 0.15) is 41.1 Å². The number of carboxylic acids is 1. The molecule has 1 aromatic rings. The maximum atomic E-state index is 12.2. The van der Waals surface area contributed by atoms with Gasteiger partial charge >= 0.3 is 5.97 Å². The number of hydrogen-bond donors (Lipinski definition) is 2. The van der Waals surface area contributed by atoms with E-state index in [4.69, 9.17) is 5.11 Å². The van der Waals surface area contributed by atoms with Gasteiger partial charge in [0.15, 0.2) is 0 Å². The highest BCUT2D eigenvalue weighted by molar-refractivity contribution is 5.96. The Hall–Kier alpha value is -1.95. The van der Waals surface area contributed by atoms with Crippen molar-refractivity contribution in [2.75, 3.05) is 14.1 Å². The number of hydrogen-bond acceptors (Lipinski definition) is 4. The van der Waals surface area contributed by atoms with Crippen molar-refractivity contribution in [1.29, 1.82) is 0 Å². The van der Waals surface area contributed by atoms with Gasteiger partial charge in [-0.25, -0.2) is 4.79 Å². The van der Waals surface area contributed by atoms with Crippen molar-refractivity contribution in [2.45, 2.75) is 32.4 Å². The minimum Gasteiger partial charge on any atom is -0.478 e. The largest absolute Gasteiger partial charge is 0.478 e. The van der Waals surface area contributed by atoms with E-state index in [1.54, 1.807) is 0 Å². The Labute approximate surface area is 124 Å². The Morgan fingerprint density at radius 1 is 1.43 bits per heavy atom. The topological polar surface area (TPSA) is 82.5 Å². The summed E-state index contributed by atoms with van der Waals surface area (Å²) in [5.74, 6) is -1.39. The first kappa shape index (κ1) is 15.4. The Balaban J connectivity index is 2.06. The second kappa shape index (κ2) is 5.44. The first-order valence-electron chi connectivity index (χ1n) is 6.90. The molecule has 0 bridgehead atoms. The molecule has 21 heavy (non-hydrogen) atoms. The molecule has 6 nitrogen and oxygen atoms in total. The highest BCUT2D eigenvalue weighted by Gasteiger charge is 2.49. The van der Waals surface area contributed by atoms with E-state index in [0.29, 0.717) is 6.04 Å². The maximum Gasteiger partial charge on any atom is 0.335 e. The molecule has 114 valence electrons. The van der Waals surface area contributed by atoms with Gasteiger partial charge in [0.2, 0.25) is 0 Å². The summed E-state index contributed by atoms with van der Waals surface area (Å²) in [5.41, 5.74) is 0.178. The summed E-state index contributed by atoms with van der Waals surface area (Å²) >= 11 is 0. The molecule has 2 atom stereocenters. The van der Waals surface area contributed by atoms with Crippen LogP contribution in [-0.2, 0) is 0 Å². The molecule has 1 amide bonds. The van der Waals surface area contributed by atoms with Gasteiger partial charge in [0.05, 0.1) is 5.56 Å². The lowest BCUT2D eigenvalue weighted by Gasteiger charge is -2.54. The lowest BCUT2D eigenvalue weighted by molar-refractivity contribution is -0.0107. The zero-order chi connectivity index (χ0) is 15.8. The van der Waals surface area contributed by atoms with Crippen LogP contribution < -0.4 is 5.32 Å². The minimum atomic E-state index is -1.07. The monoisotopic (exact) mass is 291 g/mol. The van der Waals surface area contributed by atoms with Crippen LogP contribution in [0.3, 0.4) is 0 Å². The van der Waals surface area contributed by atoms with E-state index in [-0.39, 0.29) is 28.6 Å². The zero-order valence-electron chi connectivity index (χ0n) is 12.8. The van der Waals surface area contributed by atoms with Crippen LogP contribution in [0.4, 0.5) is 0 Å². The van der Waals surface area contributed by atoms with Crippen molar-refractivity contribution >= 4 is 11.9 Å². The third-order valence-corrected chi connectivity index (χ3v) is 4.38. The van der Waals surface area contributed by atoms with Crippen LogP contribution in [-0.4, -0.2) is 53.0 Å². The molecule has 6 heteroatoms. The molecule has 0 spiro atoms. The van der Waals surface area contributed by atoms with Gasteiger partial charge in [0.1, 0.15) is 5.69 Å². The van der Waals surface area contributed by atoms with Gasteiger partial charge in [0, 0.05) is 23.7 Å². The molecule has 0 radical (unpaired) electrons. The minimum absolute atomic E-state index is 0.0242. The molecule has 1 saturated carbocycles. The lowest BCUT2D eigenvalue weighted by atomic mass is 9.62. The smallest absolute Gasteiger partial charge is 0.335 e. The standard InChI is InChI=1S/C15H21N3O3/c1-15(2)11(8-12(15)18(3)4)17-13(19)10-7-9(14(20)21)5-6-16-10/h5-7,11-12H,8H2,1-4H3,(H,17,19)(H,20,21). The van der Waals surface area contributed by atoms with Crippen molar-refractivity contribution in [1.82, 2.24) is 15.2 Å². The van der Waals surface area contributed by atoms with Crippen molar-refractivity contribution in [3.8, 4) is 0 Å². The molecule has 2 rings (SSSR count). The van der Waals surface area contributed by atoms with Gasteiger partial charge in [-0.15, -0.1) is 0 Å². The Morgan fingerprint density at radius 3 is 2.62 bits per heavy atom. The number of rotatable bonds is 4. The Kier molecular flexibility index (Phi) is 4.00. The van der Waals surface area contributed by atoms with Crippen LogP contribution in [0, 0.1) is 5.41 Å². The normalized spacial score (nSPS) is 23.5. The van der Waals surface area contributed by atoms with E-state index in [1.807, 2.05) is 14.1 Å². The fraction of sp³-hybridized carbons (Fsp3) is 0.533. The highest BCUT2D eigenvalue weighted by atomic mass is 16.4. The summed E-state index contributed by atoms with van der Waals surface area (Å²) in [7, 11) is 4.06. The maximum absolute atomic E-state index is 12.2. The van der Waals surface area contributed by atoms with E-state index in [2.05, 4.69) is 29.0 Å². The van der Waals surface area contributed by atoms with Gasteiger partial charge in [0.25, 0.3) is 5.91 Å². The van der Waals surface area contributed by atoms with E-state index in [9.17, 15) is 9.59 Å². The van der Waals surface area contributed by atoms with E-state index < -0.39 is 5.97 Å². The molecule has 1 heterocycles. The number of nitrogens with one attached hydrogen (secondary N) is 1. The quantitative estimate of drug-likeness (QED) is 0.872. The van der Waals surface area contributed by atoms with Crippen molar-refractivity contribution in [3.05, 3.63) is 29.6 Å². The molecular weight excluding hydrogens is 270 g/mol. The summed E-state index contributed by atoms with van der Waals surface area (Å²) in [6.45, 7) is 4.24. The highest BCUT2D eigenvalue weighted by Crippen LogP contribution is 2.43. The first-order chi connectivity index (χ1) is 9.73. The van der Waals surface area contributed by atoms with Gasteiger partial charge < -0.3 is 15.3 Å². The number of amides is 1. The van der Waals surface area contributed by atoms with Crippen molar-refractivity contribution < 1.29 is 14.7 Å². The van der Waals surface area contributed by atoms with E-state index >= 15 is 0 Å². The zero-order valence-corrected chi connectivity index (χ0v) is 12.8. The number of nitrogens with zero attached hydrogens (tertiary/aromatic N) is 2. The number of carbonyl (C=O) groups excluding carboxylic acids is 1. The van der Waals surface area contributed by atoms with Crippen LogP contribution in [0.2, 0.25) is 0 Å². The molecule has 2 unspecified atom stereocenters. The number of carboxylic acid groups (broad SMARTS) is 1. The van der Waals surface area contributed by atoms with Crippen LogP contribution in [0.25, 0.3) is 0 Å². The number of carbonyl (C=O) groups is 2. The summed E-state index contributed by atoms with van der Waals surface area (Å²) in [4.78, 5) is 29.2. The first-order valence-corrected chi connectivity index (χ1v) is 6.90. The molecule has 1 aliphatic rings. The summed E-state index contributed by atoms with van der Waals surface area (Å²) in [6, 6.07) is 3.15. The lowest BCUT2D eigenvalue weighted by Crippen LogP contribution is -2.65. The van der Waals surface area contributed by atoms with E-state index in [1.165, 1.54) is 18.3 Å². The fourth-order valence-electron chi connectivity index (χ4n) is 2.94. The predicted octanol–water partition coefficient (Wildman–Crippen LogP) is 1.24. The van der Waals surface area contributed by atoms with Crippen LogP contribution in [0.5, 0.6) is 0 Å². The van der Waals surface area contributed by atoms with E-state index in [0.717, 1.165) is 6.42 Å². The third kappa shape index (κ3) is 2.90. The molecule has 1 aliphatic carbocycles. The molecule has 1 aromatic heterocycles. The predicted molar refractivity (Wildman–Crippen MR) is 78.3 cm³/mol. The summed E-state index contributed by atoms with van der Waals surface area (Å²) in [6.07, 6.45) is 2.22. The number of aromatic nitrogens is 1. The van der Waals surface area contributed by atoms with Crippen LogP contribution >= 0.6 is 0 Å². The van der Waals surface area contributed by atoms with Gasteiger partial charge in [-0.05, 0) is 32.6 Å². The van der Waals surface area contributed by atoms with Gasteiger partial charge in [-0.2, -0.15) is 0 Å². The number of pyridine rings is 1. The van der Waals surface area contributed by atoms with Gasteiger partial charge in [-0.3, -0.25) is 9.78 Å². The second-order valence-corrected chi connectivity index (χ2v) is 6.30.